The minimum Gasteiger partial charge on any atom is -0.493 e. The van der Waals surface area contributed by atoms with Gasteiger partial charge in [-0.15, -0.1) is 0 Å². The van der Waals surface area contributed by atoms with Crippen LogP contribution in [0, 0.1) is 0 Å². The molecule has 2 heterocycles. The maximum absolute atomic E-state index is 13.1. The summed E-state index contributed by atoms with van der Waals surface area (Å²) >= 11 is 0. The summed E-state index contributed by atoms with van der Waals surface area (Å²) in [6.07, 6.45) is 1.78. The Morgan fingerprint density at radius 3 is 2.69 bits per heavy atom. The molecular formula is C24H27N3O5. The van der Waals surface area contributed by atoms with Gasteiger partial charge in [-0.2, -0.15) is 4.98 Å². The molecule has 8 nitrogen and oxygen atoms in total. The summed E-state index contributed by atoms with van der Waals surface area (Å²) in [5, 5.41) is 4.14. The van der Waals surface area contributed by atoms with Crippen molar-refractivity contribution < 1.29 is 23.5 Å². The van der Waals surface area contributed by atoms with Crippen LogP contribution >= 0.6 is 0 Å². The van der Waals surface area contributed by atoms with Gasteiger partial charge < -0.3 is 23.6 Å². The van der Waals surface area contributed by atoms with E-state index < -0.39 is 0 Å². The summed E-state index contributed by atoms with van der Waals surface area (Å²) in [6.45, 7) is 1.96. The van der Waals surface area contributed by atoms with Gasteiger partial charge in [0.05, 0.1) is 20.8 Å². The van der Waals surface area contributed by atoms with Gasteiger partial charge in [0.15, 0.2) is 17.3 Å². The minimum absolute atomic E-state index is 0.0273. The van der Waals surface area contributed by atoms with Crippen molar-refractivity contribution in [2.75, 3.05) is 27.3 Å². The standard InChI is InChI=1S/C24H27N3O5/c1-29-20-11-10-18(13-21(20)30-2)24(28)27-12-6-9-19(14-27)23-25-22(32-26-23)16-31-15-17-7-4-3-5-8-17/h3-5,7-8,10-11,13,19H,6,9,12,14-16H2,1-2H3. The van der Waals surface area contributed by atoms with Crippen molar-refractivity contribution in [3.63, 3.8) is 0 Å². The third kappa shape index (κ3) is 5.08. The predicted molar refractivity (Wildman–Crippen MR) is 117 cm³/mol. The summed E-state index contributed by atoms with van der Waals surface area (Å²) < 4.78 is 21.6. The number of likely N-dealkylation sites (tertiary alicyclic amines) is 1. The fraction of sp³-hybridized carbons (Fsp3) is 0.375. The molecular weight excluding hydrogens is 410 g/mol. The van der Waals surface area contributed by atoms with E-state index in [0.717, 1.165) is 18.4 Å². The Kier molecular flexibility index (Phi) is 7.01. The van der Waals surface area contributed by atoms with E-state index in [1.54, 1.807) is 32.4 Å². The zero-order valence-corrected chi connectivity index (χ0v) is 18.3. The van der Waals surface area contributed by atoms with Crippen LogP contribution in [0.5, 0.6) is 11.5 Å². The van der Waals surface area contributed by atoms with Gasteiger partial charge >= 0.3 is 0 Å². The number of piperidine rings is 1. The Hall–Kier alpha value is -3.39. The number of benzene rings is 2. The summed E-state index contributed by atoms with van der Waals surface area (Å²) in [5.41, 5.74) is 1.65. The molecule has 0 bridgehead atoms. The number of amides is 1. The number of hydrogen-bond acceptors (Lipinski definition) is 7. The molecule has 0 aliphatic carbocycles. The number of ether oxygens (including phenoxy) is 3. The van der Waals surface area contributed by atoms with Gasteiger partial charge in [0.1, 0.15) is 6.61 Å². The van der Waals surface area contributed by atoms with E-state index in [4.69, 9.17) is 18.7 Å². The van der Waals surface area contributed by atoms with Crippen molar-refractivity contribution in [3.05, 3.63) is 71.4 Å². The summed E-state index contributed by atoms with van der Waals surface area (Å²) in [4.78, 5) is 19.4. The van der Waals surface area contributed by atoms with Gasteiger partial charge in [-0.05, 0) is 36.6 Å². The summed E-state index contributed by atoms with van der Waals surface area (Å²) in [5.74, 6) is 2.16. The van der Waals surface area contributed by atoms with Crippen molar-refractivity contribution in [1.29, 1.82) is 0 Å². The quantitative estimate of drug-likeness (QED) is 0.529. The maximum atomic E-state index is 13.1. The van der Waals surface area contributed by atoms with Crippen LogP contribution in [0.4, 0.5) is 0 Å². The molecule has 1 fully saturated rings. The number of aromatic nitrogens is 2. The van der Waals surface area contributed by atoms with Crippen molar-refractivity contribution in [3.8, 4) is 11.5 Å². The third-order valence-corrected chi connectivity index (χ3v) is 5.53. The molecule has 1 aromatic heterocycles. The van der Waals surface area contributed by atoms with Crippen LogP contribution in [0.25, 0.3) is 0 Å². The van der Waals surface area contributed by atoms with Gasteiger partial charge in [0.2, 0.25) is 0 Å². The Labute approximate surface area is 187 Å². The Bertz CT molecular complexity index is 1040. The highest BCUT2D eigenvalue weighted by Crippen LogP contribution is 2.30. The first kappa shape index (κ1) is 21.8. The summed E-state index contributed by atoms with van der Waals surface area (Å²) in [6, 6.07) is 15.1. The highest BCUT2D eigenvalue weighted by Gasteiger charge is 2.29. The molecule has 0 spiro atoms. The molecule has 0 radical (unpaired) electrons. The smallest absolute Gasteiger partial charge is 0.254 e. The highest BCUT2D eigenvalue weighted by molar-refractivity contribution is 5.95. The number of rotatable bonds is 8. The number of carbonyl (C=O) groups is 1. The minimum atomic E-state index is -0.0504. The number of carbonyl (C=O) groups excluding carboxylic acids is 1. The van der Waals surface area contributed by atoms with Crippen molar-refractivity contribution >= 4 is 5.91 Å². The van der Waals surface area contributed by atoms with Crippen LogP contribution in [0.15, 0.2) is 53.1 Å². The Morgan fingerprint density at radius 1 is 1.09 bits per heavy atom. The largest absolute Gasteiger partial charge is 0.493 e. The molecule has 4 rings (SSSR count). The molecule has 1 aliphatic heterocycles. The van der Waals surface area contributed by atoms with Crippen LogP contribution in [0.1, 0.15) is 46.4 Å². The topological polar surface area (TPSA) is 86.9 Å². The lowest BCUT2D eigenvalue weighted by atomic mass is 9.96. The molecule has 1 unspecified atom stereocenters. The predicted octanol–water partition coefficient (Wildman–Crippen LogP) is 3.82. The van der Waals surface area contributed by atoms with Crippen LogP contribution in [0.2, 0.25) is 0 Å². The SMILES string of the molecule is COc1ccc(C(=O)N2CCCC(c3noc(COCc4ccccc4)n3)C2)cc1OC. The van der Waals surface area contributed by atoms with Crippen molar-refractivity contribution in [2.24, 2.45) is 0 Å². The highest BCUT2D eigenvalue weighted by atomic mass is 16.5. The first-order valence-corrected chi connectivity index (χ1v) is 10.6. The molecule has 1 saturated heterocycles. The van der Waals surface area contributed by atoms with Crippen LogP contribution in [-0.4, -0.2) is 48.3 Å². The van der Waals surface area contributed by atoms with E-state index in [9.17, 15) is 4.79 Å². The van der Waals surface area contributed by atoms with Gasteiger partial charge in [-0.25, -0.2) is 0 Å². The van der Waals surface area contributed by atoms with E-state index in [0.29, 0.717) is 48.5 Å². The van der Waals surface area contributed by atoms with Gasteiger partial charge in [0, 0.05) is 24.6 Å². The Balaban J connectivity index is 1.36. The van der Waals surface area contributed by atoms with Gasteiger partial charge in [-0.1, -0.05) is 35.5 Å². The molecule has 1 amide bonds. The first-order chi connectivity index (χ1) is 15.7. The average molecular weight is 437 g/mol. The lowest BCUT2D eigenvalue weighted by molar-refractivity contribution is 0.0703. The fourth-order valence-corrected chi connectivity index (χ4v) is 3.85. The Morgan fingerprint density at radius 2 is 1.91 bits per heavy atom. The molecule has 32 heavy (non-hydrogen) atoms. The number of hydrogen-bond donors (Lipinski definition) is 0. The van der Waals surface area contributed by atoms with E-state index >= 15 is 0 Å². The third-order valence-electron chi connectivity index (χ3n) is 5.53. The molecule has 0 saturated carbocycles. The number of nitrogens with zero attached hydrogens (tertiary/aromatic N) is 3. The summed E-state index contributed by atoms with van der Waals surface area (Å²) in [7, 11) is 3.13. The molecule has 168 valence electrons. The zero-order chi connectivity index (χ0) is 22.3. The first-order valence-electron chi connectivity index (χ1n) is 10.6. The average Bonchev–Trinajstić information content (AvgIpc) is 3.33. The second-order valence-electron chi connectivity index (χ2n) is 7.68. The van der Waals surface area contributed by atoms with Gasteiger partial charge in [0.25, 0.3) is 11.8 Å². The van der Waals surface area contributed by atoms with E-state index in [2.05, 4.69) is 10.1 Å². The van der Waals surface area contributed by atoms with Crippen molar-refractivity contribution in [2.45, 2.75) is 32.0 Å². The second-order valence-corrected chi connectivity index (χ2v) is 7.68. The zero-order valence-electron chi connectivity index (χ0n) is 18.3. The lowest BCUT2D eigenvalue weighted by Crippen LogP contribution is -2.39. The molecule has 8 heteroatoms. The van der Waals surface area contributed by atoms with E-state index in [1.165, 1.54) is 0 Å². The van der Waals surface area contributed by atoms with Crippen LogP contribution in [-0.2, 0) is 18.0 Å². The van der Waals surface area contributed by atoms with Crippen LogP contribution < -0.4 is 9.47 Å². The fourth-order valence-electron chi connectivity index (χ4n) is 3.85. The van der Waals surface area contributed by atoms with Crippen molar-refractivity contribution in [1.82, 2.24) is 15.0 Å². The van der Waals surface area contributed by atoms with E-state index in [1.807, 2.05) is 35.2 Å². The van der Waals surface area contributed by atoms with Gasteiger partial charge in [-0.3, -0.25) is 4.79 Å². The van der Waals surface area contributed by atoms with Crippen LogP contribution in [0.3, 0.4) is 0 Å². The molecule has 1 aliphatic rings. The lowest BCUT2D eigenvalue weighted by Gasteiger charge is -2.31. The molecule has 0 N–H and O–H groups in total. The second kappa shape index (κ2) is 10.3. The maximum Gasteiger partial charge on any atom is 0.254 e. The number of methoxy groups -OCH3 is 2. The monoisotopic (exact) mass is 437 g/mol. The molecule has 1 atom stereocenters. The molecule has 2 aromatic carbocycles. The van der Waals surface area contributed by atoms with E-state index in [-0.39, 0.29) is 18.4 Å². The normalized spacial score (nSPS) is 16.1. The molecule has 3 aromatic rings.